The van der Waals surface area contributed by atoms with Crippen molar-refractivity contribution < 1.29 is 0 Å². The van der Waals surface area contributed by atoms with Crippen LogP contribution in [0.2, 0.25) is 10.2 Å². The molecule has 0 unspecified atom stereocenters. The first-order chi connectivity index (χ1) is 7.75. The summed E-state index contributed by atoms with van der Waals surface area (Å²) in [7, 11) is 0. The van der Waals surface area contributed by atoms with Gasteiger partial charge in [-0.25, -0.2) is 4.98 Å². The third kappa shape index (κ3) is 3.54. The van der Waals surface area contributed by atoms with Crippen molar-refractivity contribution in [1.29, 1.82) is 0 Å². The summed E-state index contributed by atoms with van der Waals surface area (Å²) in [5.41, 5.74) is 0.921. The van der Waals surface area contributed by atoms with Crippen LogP contribution in [0.5, 0.6) is 0 Å². The van der Waals surface area contributed by atoms with Gasteiger partial charge in [-0.1, -0.05) is 42.5 Å². The van der Waals surface area contributed by atoms with Crippen LogP contribution in [0.25, 0.3) is 0 Å². The van der Waals surface area contributed by atoms with Crippen molar-refractivity contribution in [3.05, 3.63) is 28.0 Å². The summed E-state index contributed by atoms with van der Waals surface area (Å²) in [6, 6.07) is 3.56. The smallest absolute Gasteiger partial charge is 0.129 e. The Balaban J connectivity index is 1.90. The highest BCUT2D eigenvalue weighted by molar-refractivity contribution is 7.99. The topological polar surface area (TPSA) is 12.9 Å². The van der Waals surface area contributed by atoms with E-state index in [-0.39, 0.29) is 0 Å². The molecule has 1 aliphatic carbocycles. The third-order valence-corrected chi connectivity index (χ3v) is 4.83. The zero-order valence-corrected chi connectivity index (χ0v) is 11.4. The van der Waals surface area contributed by atoms with Gasteiger partial charge in [-0.15, -0.1) is 0 Å². The molecule has 1 aromatic rings. The monoisotopic (exact) mass is 275 g/mol. The molecule has 1 heterocycles. The van der Waals surface area contributed by atoms with E-state index in [1.165, 1.54) is 32.1 Å². The molecular formula is C12H15Cl2NS. The zero-order chi connectivity index (χ0) is 11.4. The summed E-state index contributed by atoms with van der Waals surface area (Å²) in [6.07, 6.45) is 6.81. The van der Waals surface area contributed by atoms with E-state index in [1.807, 2.05) is 17.8 Å². The maximum absolute atomic E-state index is 6.08. The highest BCUT2D eigenvalue weighted by Gasteiger charge is 2.14. The van der Waals surface area contributed by atoms with E-state index >= 15 is 0 Å². The number of thioether (sulfide) groups is 1. The maximum Gasteiger partial charge on any atom is 0.129 e. The summed E-state index contributed by atoms with van der Waals surface area (Å²) in [5.74, 6) is 0.879. The van der Waals surface area contributed by atoms with Gasteiger partial charge in [-0.05, 0) is 25.0 Å². The van der Waals surface area contributed by atoms with E-state index in [0.717, 1.165) is 21.7 Å². The van der Waals surface area contributed by atoms with Gasteiger partial charge in [0.15, 0.2) is 0 Å². The van der Waals surface area contributed by atoms with Gasteiger partial charge in [0.25, 0.3) is 0 Å². The van der Waals surface area contributed by atoms with Crippen LogP contribution < -0.4 is 0 Å². The molecule has 2 rings (SSSR count). The molecule has 88 valence electrons. The van der Waals surface area contributed by atoms with Gasteiger partial charge in [0.2, 0.25) is 0 Å². The Hall–Kier alpha value is 0.0800. The van der Waals surface area contributed by atoms with Crippen molar-refractivity contribution in [2.24, 2.45) is 0 Å². The summed E-state index contributed by atoms with van der Waals surface area (Å²) < 4.78 is 0. The Bertz CT molecular complexity index is 351. The standard InChI is InChI=1S/C12H15Cl2NS/c13-10-6-7-12(14)15-11(10)8-16-9-4-2-1-3-5-9/h6-7,9H,1-5,8H2. The molecule has 1 aliphatic rings. The van der Waals surface area contributed by atoms with Gasteiger partial charge < -0.3 is 0 Å². The van der Waals surface area contributed by atoms with E-state index in [9.17, 15) is 0 Å². The molecule has 0 aliphatic heterocycles. The highest BCUT2D eigenvalue weighted by atomic mass is 35.5. The summed E-state index contributed by atoms with van der Waals surface area (Å²) in [4.78, 5) is 4.27. The number of nitrogens with zero attached hydrogens (tertiary/aromatic N) is 1. The molecule has 16 heavy (non-hydrogen) atoms. The van der Waals surface area contributed by atoms with Gasteiger partial charge in [0.05, 0.1) is 10.7 Å². The molecule has 0 atom stereocenters. The fraction of sp³-hybridized carbons (Fsp3) is 0.583. The van der Waals surface area contributed by atoms with Crippen molar-refractivity contribution >= 4 is 35.0 Å². The van der Waals surface area contributed by atoms with Crippen molar-refractivity contribution in [2.75, 3.05) is 0 Å². The Morgan fingerprint density at radius 1 is 1.19 bits per heavy atom. The zero-order valence-electron chi connectivity index (χ0n) is 9.09. The van der Waals surface area contributed by atoms with Crippen LogP contribution in [0.15, 0.2) is 12.1 Å². The number of halogens is 2. The predicted molar refractivity (Wildman–Crippen MR) is 72.4 cm³/mol. The average molecular weight is 276 g/mol. The van der Waals surface area contributed by atoms with E-state index in [0.29, 0.717) is 5.15 Å². The minimum Gasteiger partial charge on any atom is -0.239 e. The van der Waals surface area contributed by atoms with Crippen molar-refractivity contribution in [3.63, 3.8) is 0 Å². The molecule has 0 radical (unpaired) electrons. The van der Waals surface area contributed by atoms with Crippen LogP contribution in [0, 0.1) is 0 Å². The molecule has 1 aromatic heterocycles. The normalized spacial score (nSPS) is 17.6. The Morgan fingerprint density at radius 2 is 1.94 bits per heavy atom. The molecule has 1 saturated carbocycles. The Kier molecular flexibility index (Phi) is 4.80. The van der Waals surface area contributed by atoms with Crippen LogP contribution in [0.4, 0.5) is 0 Å². The van der Waals surface area contributed by atoms with Crippen LogP contribution in [0.1, 0.15) is 37.8 Å². The first-order valence-electron chi connectivity index (χ1n) is 5.68. The predicted octanol–water partition coefficient (Wildman–Crippen LogP) is 4.95. The van der Waals surface area contributed by atoms with E-state index in [2.05, 4.69) is 4.98 Å². The summed E-state index contributed by atoms with van der Waals surface area (Å²) in [5, 5.41) is 2.04. The molecule has 1 fully saturated rings. The van der Waals surface area contributed by atoms with Crippen LogP contribution in [0.3, 0.4) is 0 Å². The van der Waals surface area contributed by atoms with E-state index in [1.54, 1.807) is 6.07 Å². The molecule has 4 heteroatoms. The van der Waals surface area contributed by atoms with Crippen LogP contribution in [-0.4, -0.2) is 10.2 Å². The minimum absolute atomic E-state index is 0.531. The number of rotatable bonds is 3. The first-order valence-corrected chi connectivity index (χ1v) is 7.48. The molecule has 0 saturated heterocycles. The van der Waals surface area contributed by atoms with Crippen molar-refractivity contribution in [1.82, 2.24) is 4.98 Å². The number of aromatic nitrogens is 1. The minimum atomic E-state index is 0.531. The molecule has 0 bridgehead atoms. The van der Waals surface area contributed by atoms with E-state index < -0.39 is 0 Å². The summed E-state index contributed by atoms with van der Waals surface area (Å²) >= 11 is 13.9. The molecule has 0 aromatic carbocycles. The SMILES string of the molecule is Clc1ccc(Cl)c(CSC2CCCCC2)n1. The second-order valence-corrected chi connectivity index (χ2v) is 6.22. The number of hydrogen-bond donors (Lipinski definition) is 0. The average Bonchev–Trinajstić information content (AvgIpc) is 2.32. The van der Waals surface area contributed by atoms with Gasteiger partial charge in [-0.3, -0.25) is 0 Å². The first kappa shape index (κ1) is 12.5. The summed E-state index contributed by atoms with van der Waals surface area (Å²) in [6.45, 7) is 0. The fourth-order valence-corrected chi connectivity index (χ4v) is 3.68. The van der Waals surface area contributed by atoms with Crippen molar-refractivity contribution in [2.45, 2.75) is 43.1 Å². The van der Waals surface area contributed by atoms with Gasteiger partial charge in [0, 0.05) is 11.0 Å². The molecule has 1 nitrogen and oxygen atoms in total. The van der Waals surface area contributed by atoms with Crippen LogP contribution >= 0.6 is 35.0 Å². The maximum atomic E-state index is 6.08. The fourth-order valence-electron chi connectivity index (χ4n) is 1.99. The van der Waals surface area contributed by atoms with E-state index in [4.69, 9.17) is 23.2 Å². The van der Waals surface area contributed by atoms with Gasteiger partial charge in [0.1, 0.15) is 5.15 Å². The van der Waals surface area contributed by atoms with Gasteiger partial charge >= 0.3 is 0 Å². The lowest BCUT2D eigenvalue weighted by Crippen LogP contribution is -2.08. The second-order valence-electron chi connectivity index (χ2n) is 4.13. The lowest BCUT2D eigenvalue weighted by atomic mass is 10.0. The lowest BCUT2D eigenvalue weighted by molar-refractivity contribution is 0.516. The third-order valence-electron chi connectivity index (χ3n) is 2.89. The number of hydrogen-bond acceptors (Lipinski definition) is 2. The Labute approximate surface area is 111 Å². The molecule has 0 spiro atoms. The van der Waals surface area contributed by atoms with Crippen LogP contribution in [-0.2, 0) is 5.75 Å². The van der Waals surface area contributed by atoms with Gasteiger partial charge in [-0.2, -0.15) is 11.8 Å². The highest BCUT2D eigenvalue weighted by Crippen LogP contribution is 2.31. The quantitative estimate of drug-likeness (QED) is 0.724. The van der Waals surface area contributed by atoms with Crippen molar-refractivity contribution in [3.8, 4) is 0 Å². The Morgan fingerprint density at radius 3 is 2.69 bits per heavy atom. The molecule has 0 amide bonds. The number of pyridine rings is 1. The second kappa shape index (κ2) is 6.13. The molecular weight excluding hydrogens is 261 g/mol. The lowest BCUT2D eigenvalue weighted by Gasteiger charge is -2.20. The largest absolute Gasteiger partial charge is 0.239 e. The molecule has 0 N–H and O–H groups in total.